The minimum Gasteiger partial charge on any atom is -0.507 e. The highest BCUT2D eigenvalue weighted by atomic mass is 16.5. The van der Waals surface area contributed by atoms with E-state index in [1.807, 2.05) is 53.7 Å². The van der Waals surface area contributed by atoms with Gasteiger partial charge < -0.3 is 20.1 Å². The molecule has 0 saturated heterocycles. The zero-order chi connectivity index (χ0) is 25.5. The second-order valence-electron chi connectivity index (χ2n) is 10.3. The largest absolute Gasteiger partial charge is 0.507 e. The Kier molecular flexibility index (Phi) is 7.03. The molecule has 0 atom stereocenters. The van der Waals surface area contributed by atoms with Crippen LogP contribution in [0.15, 0.2) is 18.2 Å². The third kappa shape index (κ3) is 5.05. The van der Waals surface area contributed by atoms with E-state index in [0.29, 0.717) is 11.1 Å². The number of carbonyl (C=O) groups is 2. The van der Waals surface area contributed by atoms with E-state index >= 15 is 0 Å². The van der Waals surface area contributed by atoms with Crippen LogP contribution in [0.5, 0.6) is 17.2 Å². The number of carboxylic acids is 1. The molecular formula is C27H34O6. The van der Waals surface area contributed by atoms with Crippen molar-refractivity contribution in [3.63, 3.8) is 0 Å². The minimum absolute atomic E-state index is 0.00327. The summed E-state index contributed by atoms with van der Waals surface area (Å²) < 4.78 is 5.11. The molecule has 0 spiro atoms. The Labute approximate surface area is 195 Å². The van der Waals surface area contributed by atoms with Crippen molar-refractivity contribution in [1.29, 1.82) is 0 Å². The first-order valence-electron chi connectivity index (χ1n) is 10.8. The summed E-state index contributed by atoms with van der Waals surface area (Å²) in [5.74, 6) is -2.21. The highest BCUT2D eigenvalue weighted by Gasteiger charge is 2.28. The number of aromatic carboxylic acids is 1. The first-order valence-corrected chi connectivity index (χ1v) is 10.8. The molecule has 0 heterocycles. The lowest BCUT2D eigenvalue weighted by molar-refractivity contribution is 0.0690. The highest BCUT2D eigenvalue weighted by molar-refractivity contribution is 6.11. The Hall–Kier alpha value is -3.28. The van der Waals surface area contributed by atoms with Crippen molar-refractivity contribution in [2.45, 2.75) is 66.2 Å². The number of ether oxygens (including phenoxy) is 1. The van der Waals surface area contributed by atoms with Crippen molar-refractivity contribution < 1.29 is 29.6 Å². The third-order valence-corrected chi connectivity index (χ3v) is 5.83. The summed E-state index contributed by atoms with van der Waals surface area (Å²) in [5, 5.41) is 31.0. The van der Waals surface area contributed by atoms with E-state index in [2.05, 4.69) is 0 Å². The van der Waals surface area contributed by atoms with Gasteiger partial charge in [-0.05, 0) is 59.6 Å². The van der Waals surface area contributed by atoms with Crippen molar-refractivity contribution in [1.82, 2.24) is 0 Å². The van der Waals surface area contributed by atoms with E-state index in [1.54, 1.807) is 19.9 Å². The predicted molar refractivity (Wildman–Crippen MR) is 130 cm³/mol. The Morgan fingerprint density at radius 3 is 1.70 bits per heavy atom. The average molecular weight is 455 g/mol. The molecule has 0 saturated carbocycles. The topological polar surface area (TPSA) is 104 Å². The van der Waals surface area contributed by atoms with Gasteiger partial charge in [0.25, 0.3) is 0 Å². The maximum absolute atomic E-state index is 13.1. The van der Waals surface area contributed by atoms with Gasteiger partial charge in [0.05, 0.1) is 12.7 Å². The van der Waals surface area contributed by atoms with Gasteiger partial charge in [0.15, 0.2) is 17.3 Å². The number of hydrogen-bond acceptors (Lipinski definition) is 5. The summed E-state index contributed by atoms with van der Waals surface area (Å²) in [4.78, 5) is 24.7. The summed E-state index contributed by atoms with van der Waals surface area (Å²) in [6.07, 6.45) is 2.98. The van der Waals surface area contributed by atoms with Gasteiger partial charge in [0.2, 0.25) is 0 Å². The zero-order valence-electron chi connectivity index (χ0n) is 20.9. The van der Waals surface area contributed by atoms with Gasteiger partial charge in [0.1, 0.15) is 11.3 Å². The monoisotopic (exact) mass is 454 g/mol. The van der Waals surface area contributed by atoms with Crippen LogP contribution >= 0.6 is 0 Å². The number of ketones is 1. The highest BCUT2D eigenvalue weighted by Crippen LogP contribution is 2.41. The van der Waals surface area contributed by atoms with Crippen LogP contribution in [0, 0.1) is 13.8 Å². The summed E-state index contributed by atoms with van der Waals surface area (Å²) in [6.45, 7) is 15.2. The molecule has 178 valence electrons. The summed E-state index contributed by atoms with van der Waals surface area (Å²) >= 11 is 0. The van der Waals surface area contributed by atoms with Gasteiger partial charge in [-0.2, -0.15) is 0 Å². The molecule has 0 amide bonds. The molecule has 2 aromatic carbocycles. The molecule has 0 unspecified atom stereocenters. The summed E-state index contributed by atoms with van der Waals surface area (Å²) in [6, 6.07) is 3.70. The van der Waals surface area contributed by atoms with Crippen LogP contribution < -0.4 is 4.74 Å². The van der Waals surface area contributed by atoms with Crippen molar-refractivity contribution in [2.75, 3.05) is 7.11 Å². The molecule has 6 heteroatoms. The summed E-state index contributed by atoms with van der Waals surface area (Å²) in [5.41, 5.74) is 2.19. The molecule has 6 nitrogen and oxygen atoms in total. The van der Waals surface area contributed by atoms with Gasteiger partial charge in [-0.1, -0.05) is 47.6 Å². The smallest absolute Gasteiger partial charge is 0.339 e. The van der Waals surface area contributed by atoms with Crippen LogP contribution in [0.3, 0.4) is 0 Å². The predicted octanol–water partition coefficient (Wildman–Crippen LogP) is 5.91. The first kappa shape index (κ1) is 26.0. The molecule has 0 fully saturated rings. The quantitative estimate of drug-likeness (QED) is 0.383. The number of carbonyl (C=O) groups excluding carboxylic acids is 1. The number of allylic oxidation sites excluding steroid dienone is 1. The Morgan fingerprint density at radius 1 is 0.848 bits per heavy atom. The van der Waals surface area contributed by atoms with E-state index in [-0.39, 0.29) is 33.5 Å². The molecule has 2 rings (SSSR count). The minimum atomic E-state index is -1.24. The van der Waals surface area contributed by atoms with E-state index in [4.69, 9.17) is 4.74 Å². The molecule has 33 heavy (non-hydrogen) atoms. The number of benzene rings is 2. The third-order valence-electron chi connectivity index (χ3n) is 5.83. The molecule has 0 aliphatic heterocycles. The average Bonchev–Trinajstić information content (AvgIpc) is 2.67. The molecule has 3 N–H and O–H groups in total. The van der Waals surface area contributed by atoms with E-state index in [9.17, 15) is 24.9 Å². The maximum atomic E-state index is 13.1. The van der Waals surface area contributed by atoms with Crippen LogP contribution in [-0.4, -0.2) is 34.2 Å². The van der Waals surface area contributed by atoms with E-state index in [0.717, 1.165) is 16.7 Å². The Morgan fingerprint density at radius 2 is 1.30 bits per heavy atom. The number of phenolic OH excluding ortho intramolecular Hbond substituents is 2. The lowest BCUT2D eigenvalue weighted by Crippen LogP contribution is -2.17. The fraction of sp³-hybridized carbons (Fsp3) is 0.407. The maximum Gasteiger partial charge on any atom is 0.339 e. The molecule has 0 bridgehead atoms. The lowest BCUT2D eigenvalue weighted by Gasteiger charge is -2.27. The van der Waals surface area contributed by atoms with Crippen LogP contribution in [0.4, 0.5) is 0 Å². The van der Waals surface area contributed by atoms with Crippen LogP contribution in [-0.2, 0) is 10.8 Å². The van der Waals surface area contributed by atoms with Gasteiger partial charge in [-0.25, -0.2) is 4.79 Å². The zero-order valence-corrected chi connectivity index (χ0v) is 20.9. The number of aromatic hydroxyl groups is 2. The Balaban J connectivity index is 2.65. The van der Waals surface area contributed by atoms with Crippen molar-refractivity contribution in [3.8, 4) is 17.2 Å². The number of rotatable bonds is 5. The van der Waals surface area contributed by atoms with Gasteiger partial charge in [0, 0.05) is 11.1 Å². The lowest BCUT2D eigenvalue weighted by atomic mass is 9.78. The van der Waals surface area contributed by atoms with Crippen LogP contribution in [0.25, 0.3) is 6.08 Å². The number of hydrogen-bond donors (Lipinski definition) is 3. The first-order chi connectivity index (χ1) is 15.0. The fourth-order valence-electron chi connectivity index (χ4n) is 3.86. The van der Waals surface area contributed by atoms with E-state index < -0.39 is 17.5 Å². The standard InChI is InChI=1S/C27H34O6/c1-14-15(2)21(25(31)32)24(33-9)23(30)20(14)19(28)11-10-16-12-17(26(3,4)5)22(29)18(13-16)27(6,7)8/h10-13,29-30H,1-9H3,(H,31,32). The van der Waals surface area contributed by atoms with Crippen LogP contribution in [0.2, 0.25) is 0 Å². The second-order valence-corrected chi connectivity index (χ2v) is 10.3. The van der Waals surface area contributed by atoms with Gasteiger partial charge in [-0.3, -0.25) is 4.79 Å². The Bertz CT molecular complexity index is 1110. The van der Waals surface area contributed by atoms with Crippen molar-refractivity contribution >= 4 is 17.8 Å². The molecule has 0 aromatic heterocycles. The SMILES string of the molecule is COc1c(O)c(C(=O)C=Cc2cc(C(C)(C)C)c(O)c(C(C)(C)C)c2)c(C)c(C)c1C(=O)O. The van der Waals surface area contributed by atoms with E-state index in [1.165, 1.54) is 13.2 Å². The molecule has 0 aliphatic carbocycles. The second kappa shape index (κ2) is 8.93. The number of carboxylic acid groups (broad SMARTS) is 1. The molecule has 0 radical (unpaired) electrons. The summed E-state index contributed by atoms with van der Waals surface area (Å²) in [7, 11) is 1.25. The van der Waals surface area contributed by atoms with Crippen LogP contribution in [0.1, 0.15) is 90.1 Å². The normalized spacial score (nSPS) is 12.3. The molecule has 0 aliphatic rings. The number of phenols is 2. The van der Waals surface area contributed by atoms with Gasteiger partial charge >= 0.3 is 5.97 Å². The number of methoxy groups -OCH3 is 1. The van der Waals surface area contributed by atoms with Crippen molar-refractivity contribution in [3.05, 3.63) is 57.2 Å². The molecular weight excluding hydrogens is 420 g/mol. The van der Waals surface area contributed by atoms with Crippen molar-refractivity contribution in [2.24, 2.45) is 0 Å². The fourth-order valence-corrected chi connectivity index (χ4v) is 3.86. The molecule has 2 aromatic rings. The van der Waals surface area contributed by atoms with Gasteiger partial charge in [-0.15, -0.1) is 0 Å².